The Labute approximate surface area is 150 Å². The van der Waals surface area contributed by atoms with Crippen LogP contribution >= 0.6 is 11.3 Å². The molecule has 2 bridgehead atoms. The fraction of sp³-hybridized carbons (Fsp3) is 0.421. The van der Waals surface area contributed by atoms with Gasteiger partial charge in [-0.3, -0.25) is 4.90 Å². The highest BCUT2D eigenvalue weighted by molar-refractivity contribution is 7.10. The second-order valence-corrected chi connectivity index (χ2v) is 7.71. The number of rotatable bonds is 4. The molecule has 132 valence electrons. The van der Waals surface area contributed by atoms with Crippen molar-refractivity contribution in [3.8, 4) is 0 Å². The first-order valence-corrected chi connectivity index (χ1v) is 9.55. The van der Waals surface area contributed by atoms with Gasteiger partial charge in [0.2, 0.25) is 0 Å². The molecule has 3 aliphatic rings. The van der Waals surface area contributed by atoms with Crippen LogP contribution < -0.4 is 5.32 Å². The Morgan fingerprint density at radius 3 is 2.76 bits per heavy atom. The third-order valence-corrected chi connectivity index (χ3v) is 6.06. The summed E-state index contributed by atoms with van der Waals surface area (Å²) in [6.45, 7) is 3.03. The van der Waals surface area contributed by atoms with E-state index in [4.69, 9.17) is 4.74 Å². The van der Waals surface area contributed by atoms with Crippen LogP contribution in [0.1, 0.15) is 29.3 Å². The number of ether oxygens (including phenoxy) is 1. The van der Waals surface area contributed by atoms with Gasteiger partial charge in [-0.1, -0.05) is 18.2 Å². The van der Waals surface area contributed by atoms with Gasteiger partial charge in [0, 0.05) is 11.4 Å². The van der Waals surface area contributed by atoms with E-state index < -0.39 is 12.1 Å². The van der Waals surface area contributed by atoms with E-state index >= 15 is 0 Å². The molecule has 3 fully saturated rings. The van der Waals surface area contributed by atoms with E-state index in [2.05, 4.69) is 10.2 Å². The number of hydrogen-bond donors (Lipinski definition) is 1. The van der Waals surface area contributed by atoms with E-state index in [1.54, 1.807) is 6.07 Å². The fourth-order valence-corrected chi connectivity index (χ4v) is 4.60. The van der Waals surface area contributed by atoms with Crippen LogP contribution in [0.2, 0.25) is 0 Å². The van der Waals surface area contributed by atoms with Crippen molar-refractivity contribution in [3.63, 3.8) is 0 Å². The Balaban J connectivity index is 1.48. The van der Waals surface area contributed by atoms with Crippen LogP contribution in [0.15, 0.2) is 41.8 Å². The maximum atomic E-state index is 13.6. The SMILES string of the molecule is O=C(NC(c1cccc(F)c1)c1cccs1)OC1CN2CCC1CC2. The van der Waals surface area contributed by atoms with Crippen LogP contribution in [0.5, 0.6) is 0 Å². The van der Waals surface area contributed by atoms with Gasteiger partial charge in [0.1, 0.15) is 11.9 Å². The van der Waals surface area contributed by atoms with Gasteiger partial charge in [0.15, 0.2) is 0 Å². The molecule has 5 rings (SSSR count). The van der Waals surface area contributed by atoms with E-state index in [1.165, 1.54) is 23.5 Å². The van der Waals surface area contributed by atoms with Crippen LogP contribution in [-0.4, -0.2) is 36.7 Å². The summed E-state index contributed by atoms with van der Waals surface area (Å²) in [7, 11) is 0. The molecule has 6 heteroatoms. The highest BCUT2D eigenvalue weighted by Gasteiger charge is 2.36. The van der Waals surface area contributed by atoms with Gasteiger partial charge in [0.25, 0.3) is 0 Å². The van der Waals surface area contributed by atoms with Crippen LogP contribution in [0.3, 0.4) is 0 Å². The molecule has 0 aliphatic carbocycles. The molecule has 3 aliphatic heterocycles. The zero-order valence-corrected chi connectivity index (χ0v) is 14.7. The monoisotopic (exact) mass is 360 g/mol. The number of nitrogens with zero attached hydrogens (tertiary/aromatic N) is 1. The van der Waals surface area contributed by atoms with Gasteiger partial charge >= 0.3 is 6.09 Å². The molecule has 4 nitrogen and oxygen atoms in total. The number of carbonyl (C=O) groups excluding carboxylic acids is 1. The molecule has 1 N–H and O–H groups in total. The number of carbonyl (C=O) groups is 1. The lowest BCUT2D eigenvalue weighted by Crippen LogP contribution is -2.52. The van der Waals surface area contributed by atoms with Gasteiger partial charge < -0.3 is 10.1 Å². The molecule has 25 heavy (non-hydrogen) atoms. The van der Waals surface area contributed by atoms with Crippen molar-refractivity contribution in [1.82, 2.24) is 10.2 Å². The third-order valence-electron chi connectivity index (χ3n) is 5.13. The van der Waals surface area contributed by atoms with Crippen molar-refractivity contribution in [2.45, 2.75) is 25.0 Å². The number of hydrogen-bond acceptors (Lipinski definition) is 4. The fourth-order valence-electron chi connectivity index (χ4n) is 3.79. The first kappa shape index (κ1) is 16.5. The molecule has 1 aromatic heterocycles. The molecule has 0 saturated carbocycles. The zero-order valence-electron chi connectivity index (χ0n) is 13.9. The van der Waals surface area contributed by atoms with Gasteiger partial charge in [-0.05, 0) is 61.0 Å². The minimum atomic E-state index is -0.429. The number of piperidine rings is 3. The summed E-state index contributed by atoms with van der Waals surface area (Å²) < 4.78 is 19.4. The third kappa shape index (κ3) is 3.70. The topological polar surface area (TPSA) is 41.6 Å². The number of halogens is 1. The maximum Gasteiger partial charge on any atom is 0.408 e. The molecule has 2 unspecified atom stereocenters. The highest BCUT2D eigenvalue weighted by Crippen LogP contribution is 2.30. The zero-order chi connectivity index (χ0) is 17.2. The number of benzene rings is 1. The first-order valence-electron chi connectivity index (χ1n) is 8.67. The van der Waals surface area contributed by atoms with Crippen molar-refractivity contribution in [2.75, 3.05) is 19.6 Å². The summed E-state index contributed by atoms with van der Waals surface area (Å²) in [4.78, 5) is 15.8. The quantitative estimate of drug-likeness (QED) is 0.902. The molecule has 3 saturated heterocycles. The predicted octanol–water partition coefficient (Wildman–Crippen LogP) is 3.80. The number of thiophene rings is 1. The summed E-state index contributed by atoms with van der Waals surface area (Å²) in [5.41, 5.74) is 0.716. The van der Waals surface area contributed by atoms with Crippen molar-refractivity contribution in [3.05, 3.63) is 58.0 Å². The Kier molecular flexibility index (Phi) is 4.72. The van der Waals surface area contributed by atoms with E-state index in [0.29, 0.717) is 11.5 Å². The second kappa shape index (κ2) is 7.14. The average molecular weight is 360 g/mol. The Morgan fingerprint density at radius 2 is 2.12 bits per heavy atom. The molecule has 4 heterocycles. The van der Waals surface area contributed by atoms with Crippen LogP contribution in [0.4, 0.5) is 9.18 Å². The number of alkyl carbamates (subject to hydrolysis) is 1. The summed E-state index contributed by atoms with van der Waals surface area (Å²) in [5, 5.41) is 4.88. The van der Waals surface area contributed by atoms with Crippen molar-refractivity contribution < 1.29 is 13.9 Å². The minimum absolute atomic E-state index is 0.0426. The van der Waals surface area contributed by atoms with Gasteiger partial charge in [-0.15, -0.1) is 11.3 Å². The normalized spacial score (nSPS) is 26.2. The molecule has 2 atom stereocenters. The van der Waals surface area contributed by atoms with Crippen LogP contribution in [0, 0.1) is 11.7 Å². The molecule has 2 aromatic rings. The summed E-state index contributed by atoms with van der Waals surface area (Å²) >= 11 is 1.53. The second-order valence-electron chi connectivity index (χ2n) is 6.73. The lowest BCUT2D eigenvalue weighted by Gasteiger charge is -2.43. The van der Waals surface area contributed by atoms with Crippen molar-refractivity contribution in [2.24, 2.45) is 5.92 Å². The van der Waals surface area contributed by atoms with Gasteiger partial charge in [-0.2, -0.15) is 0 Å². The van der Waals surface area contributed by atoms with Crippen LogP contribution in [0.25, 0.3) is 0 Å². The Bertz CT molecular complexity index is 729. The molecule has 0 spiro atoms. The van der Waals surface area contributed by atoms with E-state index in [-0.39, 0.29) is 11.9 Å². The number of nitrogens with one attached hydrogen (secondary N) is 1. The maximum absolute atomic E-state index is 13.6. The molecular formula is C19H21FN2O2S. The Hall–Kier alpha value is -1.92. The summed E-state index contributed by atoms with van der Waals surface area (Å²) in [5.74, 6) is 0.150. The van der Waals surface area contributed by atoms with Crippen molar-refractivity contribution >= 4 is 17.4 Å². The lowest BCUT2D eigenvalue weighted by atomic mass is 9.86. The molecular weight excluding hydrogens is 339 g/mol. The molecule has 0 radical (unpaired) electrons. The van der Waals surface area contributed by atoms with E-state index in [0.717, 1.165) is 37.4 Å². The van der Waals surface area contributed by atoms with Crippen LogP contribution in [-0.2, 0) is 4.74 Å². The first-order chi connectivity index (χ1) is 12.2. The van der Waals surface area contributed by atoms with E-state index in [9.17, 15) is 9.18 Å². The number of fused-ring (bicyclic) bond motifs is 3. The summed E-state index contributed by atoms with van der Waals surface area (Å²) in [6, 6.07) is 9.80. The lowest BCUT2D eigenvalue weighted by molar-refractivity contribution is -0.0336. The standard InChI is InChI=1S/C19H21FN2O2S/c20-15-4-1-3-14(11-15)18(17-5-2-10-25-17)21-19(23)24-16-12-22-8-6-13(16)7-9-22/h1-5,10-11,13,16,18H,6-9,12H2,(H,21,23). The predicted molar refractivity (Wildman–Crippen MR) is 95.1 cm³/mol. The number of amides is 1. The largest absolute Gasteiger partial charge is 0.445 e. The average Bonchev–Trinajstić information content (AvgIpc) is 3.15. The minimum Gasteiger partial charge on any atom is -0.445 e. The van der Waals surface area contributed by atoms with E-state index in [1.807, 2.05) is 23.6 Å². The Morgan fingerprint density at radius 1 is 1.28 bits per heavy atom. The smallest absolute Gasteiger partial charge is 0.408 e. The highest BCUT2D eigenvalue weighted by atomic mass is 32.1. The molecule has 1 amide bonds. The summed E-state index contributed by atoms with van der Waals surface area (Å²) in [6.07, 6.45) is 1.72. The van der Waals surface area contributed by atoms with Gasteiger partial charge in [-0.25, -0.2) is 9.18 Å². The van der Waals surface area contributed by atoms with Crippen molar-refractivity contribution in [1.29, 1.82) is 0 Å². The van der Waals surface area contributed by atoms with Gasteiger partial charge in [0.05, 0.1) is 6.04 Å². The molecule has 1 aromatic carbocycles.